The van der Waals surface area contributed by atoms with Crippen LogP contribution in [0.1, 0.15) is 0 Å². The number of methoxy groups -OCH3 is 2. The molecule has 0 N–H and O–H groups in total. The van der Waals surface area contributed by atoms with Crippen LogP contribution < -0.4 is 9.04 Å². The van der Waals surface area contributed by atoms with E-state index in [9.17, 15) is 33.4 Å². The van der Waals surface area contributed by atoms with E-state index in [0.29, 0.717) is 4.31 Å². The minimum absolute atomic E-state index is 0.110. The SMILES string of the molecule is COC(=O)CN(c1cc([N+](=O)[O-])ccc1OC)S(=O)(=O)c1ccccc1[N+](=O)[O-]. The molecule has 0 amide bonds. The number of hydrogen-bond donors (Lipinski definition) is 0. The van der Waals surface area contributed by atoms with Crippen molar-refractivity contribution in [3.8, 4) is 5.75 Å². The highest BCUT2D eigenvalue weighted by molar-refractivity contribution is 7.93. The molecule has 0 heterocycles. The molecule has 13 heteroatoms. The van der Waals surface area contributed by atoms with Crippen molar-refractivity contribution >= 4 is 33.1 Å². The van der Waals surface area contributed by atoms with Crippen LogP contribution in [0.4, 0.5) is 17.1 Å². The van der Waals surface area contributed by atoms with Gasteiger partial charge in [-0.1, -0.05) is 12.1 Å². The van der Waals surface area contributed by atoms with Gasteiger partial charge < -0.3 is 9.47 Å². The zero-order chi connectivity index (χ0) is 21.8. The number of esters is 1. The lowest BCUT2D eigenvalue weighted by atomic mass is 10.2. The van der Waals surface area contributed by atoms with E-state index in [1.165, 1.54) is 19.2 Å². The zero-order valence-corrected chi connectivity index (χ0v) is 16.0. The molecular formula is C16H15N3O9S. The number of carbonyl (C=O) groups is 1. The highest BCUT2D eigenvalue weighted by Crippen LogP contribution is 2.37. The summed E-state index contributed by atoms with van der Waals surface area (Å²) in [6.45, 7) is -0.900. The Balaban J connectivity index is 2.79. The molecule has 0 bridgehead atoms. The van der Waals surface area contributed by atoms with Crippen LogP contribution in [0.3, 0.4) is 0 Å². The smallest absolute Gasteiger partial charge is 0.326 e. The molecule has 0 saturated carbocycles. The summed E-state index contributed by atoms with van der Waals surface area (Å²) in [5.74, 6) is -1.11. The summed E-state index contributed by atoms with van der Waals surface area (Å²) in [5.41, 5.74) is -1.56. The topological polar surface area (TPSA) is 159 Å². The molecule has 0 saturated heterocycles. The molecule has 0 unspecified atom stereocenters. The third kappa shape index (κ3) is 4.40. The van der Waals surface area contributed by atoms with Gasteiger partial charge >= 0.3 is 5.97 Å². The van der Waals surface area contributed by atoms with E-state index in [4.69, 9.17) is 4.74 Å². The van der Waals surface area contributed by atoms with Gasteiger partial charge in [-0.3, -0.25) is 29.3 Å². The monoisotopic (exact) mass is 425 g/mol. The Kier molecular flexibility index (Phi) is 6.33. The van der Waals surface area contributed by atoms with Gasteiger partial charge in [0.25, 0.3) is 21.4 Å². The van der Waals surface area contributed by atoms with E-state index in [-0.39, 0.29) is 11.4 Å². The van der Waals surface area contributed by atoms with Crippen molar-refractivity contribution in [1.82, 2.24) is 0 Å². The summed E-state index contributed by atoms with van der Waals surface area (Å²) >= 11 is 0. The molecule has 2 aromatic carbocycles. The van der Waals surface area contributed by atoms with Gasteiger partial charge in [0.05, 0.1) is 24.1 Å². The molecule has 12 nitrogen and oxygen atoms in total. The molecule has 0 aliphatic carbocycles. The van der Waals surface area contributed by atoms with Crippen LogP contribution in [0.15, 0.2) is 47.4 Å². The van der Waals surface area contributed by atoms with Gasteiger partial charge in [0.1, 0.15) is 18.0 Å². The first kappa shape index (κ1) is 21.6. The molecule has 0 fully saturated rings. The van der Waals surface area contributed by atoms with E-state index < -0.39 is 48.7 Å². The van der Waals surface area contributed by atoms with Crippen LogP contribution in [0.5, 0.6) is 5.75 Å². The van der Waals surface area contributed by atoms with Gasteiger partial charge in [-0.25, -0.2) is 8.42 Å². The molecule has 154 valence electrons. The largest absolute Gasteiger partial charge is 0.495 e. The first-order chi connectivity index (χ1) is 13.6. The van der Waals surface area contributed by atoms with Crippen molar-refractivity contribution in [2.75, 3.05) is 25.1 Å². The number of benzene rings is 2. The number of para-hydroxylation sites is 1. The molecule has 0 spiro atoms. The van der Waals surface area contributed by atoms with E-state index in [1.807, 2.05) is 0 Å². The number of nitrogens with zero attached hydrogens (tertiary/aromatic N) is 3. The van der Waals surface area contributed by atoms with Crippen molar-refractivity contribution in [3.63, 3.8) is 0 Å². The second-order valence-electron chi connectivity index (χ2n) is 5.43. The molecule has 0 aliphatic heterocycles. The average Bonchev–Trinajstić information content (AvgIpc) is 2.70. The summed E-state index contributed by atoms with van der Waals surface area (Å²) in [5, 5.41) is 22.4. The summed E-state index contributed by atoms with van der Waals surface area (Å²) < 4.78 is 36.5. The van der Waals surface area contributed by atoms with Crippen LogP contribution in [-0.2, 0) is 19.6 Å². The normalized spacial score (nSPS) is 10.8. The zero-order valence-electron chi connectivity index (χ0n) is 15.2. The quantitative estimate of drug-likeness (QED) is 0.349. The minimum Gasteiger partial charge on any atom is -0.495 e. The van der Waals surface area contributed by atoms with Gasteiger partial charge in [0, 0.05) is 18.2 Å². The number of nitro benzene ring substituents is 2. The van der Waals surface area contributed by atoms with E-state index >= 15 is 0 Å². The van der Waals surface area contributed by atoms with Crippen molar-refractivity contribution < 1.29 is 32.5 Å². The summed E-state index contributed by atoms with van der Waals surface area (Å²) in [6, 6.07) is 7.61. The predicted octanol–water partition coefficient (Wildman–Crippen LogP) is 1.88. The Bertz CT molecular complexity index is 1070. The molecule has 0 aliphatic rings. The fourth-order valence-electron chi connectivity index (χ4n) is 2.41. The molecular weight excluding hydrogens is 410 g/mol. The Morgan fingerprint density at radius 2 is 1.72 bits per heavy atom. The Morgan fingerprint density at radius 1 is 1.07 bits per heavy atom. The van der Waals surface area contributed by atoms with Crippen molar-refractivity contribution in [1.29, 1.82) is 0 Å². The highest BCUT2D eigenvalue weighted by Gasteiger charge is 2.35. The minimum atomic E-state index is -4.72. The van der Waals surface area contributed by atoms with Gasteiger partial charge in [0.2, 0.25) is 0 Å². The number of rotatable bonds is 8. The van der Waals surface area contributed by atoms with E-state index in [0.717, 1.165) is 37.4 Å². The maximum atomic E-state index is 13.2. The number of carbonyl (C=O) groups excluding carboxylic acids is 1. The highest BCUT2D eigenvalue weighted by atomic mass is 32.2. The number of nitro groups is 2. The van der Waals surface area contributed by atoms with Gasteiger partial charge in [-0.2, -0.15) is 0 Å². The Hall–Kier alpha value is -3.74. The van der Waals surface area contributed by atoms with Crippen molar-refractivity contribution in [2.45, 2.75) is 4.90 Å². The maximum Gasteiger partial charge on any atom is 0.326 e. The lowest BCUT2D eigenvalue weighted by molar-refractivity contribution is -0.387. The third-order valence-corrected chi connectivity index (χ3v) is 5.58. The fourth-order valence-corrected chi connectivity index (χ4v) is 3.98. The first-order valence-electron chi connectivity index (χ1n) is 7.79. The summed E-state index contributed by atoms with van der Waals surface area (Å²) in [6.07, 6.45) is 0. The fraction of sp³-hybridized carbons (Fsp3) is 0.188. The lowest BCUT2D eigenvalue weighted by Crippen LogP contribution is -2.37. The number of sulfonamides is 1. The van der Waals surface area contributed by atoms with E-state index in [2.05, 4.69) is 4.74 Å². The number of anilines is 1. The Labute approximate surface area is 164 Å². The molecule has 0 radical (unpaired) electrons. The standard InChI is InChI=1S/C16H15N3O9S/c1-27-14-8-7-11(18(21)22)9-13(14)17(10-16(20)28-2)29(25,26)15-6-4-3-5-12(15)19(23)24/h3-9H,10H2,1-2H3. The van der Waals surface area contributed by atoms with Gasteiger partial charge in [-0.15, -0.1) is 0 Å². The number of hydrogen-bond acceptors (Lipinski definition) is 9. The number of ether oxygens (including phenoxy) is 2. The molecule has 29 heavy (non-hydrogen) atoms. The summed E-state index contributed by atoms with van der Waals surface area (Å²) in [4.78, 5) is 31.9. The van der Waals surface area contributed by atoms with Crippen LogP contribution >= 0.6 is 0 Å². The molecule has 0 aromatic heterocycles. The molecule has 2 aromatic rings. The maximum absolute atomic E-state index is 13.2. The van der Waals surface area contributed by atoms with Crippen LogP contribution in [0.2, 0.25) is 0 Å². The first-order valence-corrected chi connectivity index (χ1v) is 9.23. The van der Waals surface area contributed by atoms with Gasteiger partial charge in [-0.05, 0) is 12.1 Å². The van der Waals surface area contributed by atoms with E-state index in [1.54, 1.807) is 0 Å². The molecule has 2 rings (SSSR count). The van der Waals surface area contributed by atoms with Crippen molar-refractivity contribution in [3.05, 3.63) is 62.7 Å². The second kappa shape index (κ2) is 8.52. The second-order valence-corrected chi connectivity index (χ2v) is 7.26. The Morgan fingerprint density at radius 3 is 2.28 bits per heavy atom. The third-order valence-electron chi connectivity index (χ3n) is 3.77. The van der Waals surface area contributed by atoms with Crippen molar-refractivity contribution in [2.24, 2.45) is 0 Å². The van der Waals surface area contributed by atoms with Gasteiger partial charge in [0.15, 0.2) is 4.90 Å². The average molecular weight is 425 g/mol. The van der Waals surface area contributed by atoms with Crippen LogP contribution in [0, 0.1) is 20.2 Å². The lowest BCUT2D eigenvalue weighted by Gasteiger charge is -2.24. The molecule has 0 atom stereocenters. The predicted molar refractivity (Wildman–Crippen MR) is 99.3 cm³/mol. The van der Waals surface area contributed by atoms with Crippen LogP contribution in [-0.4, -0.2) is 45.0 Å². The number of non-ortho nitro benzene ring substituents is 1. The van der Waals surface area contributed by atoms with Crippen LogP contribution in [0.25, 0.3) is 0 Å². The summed E-state index contributed by atoms with van der Waals surface area (Å²) in [7, 11) is -2.51.